The molecule has 1 unspecified atom stereocenters. The number of hydrogen-bond acceptors (Lipinski definition) is 3. The quantitative estimate of drug-likeness (QED) is 0.167. The lowest BCUT2D eigenvalue weighted by molar-refractivity contribution is 0.453. The van der Waals surface area contributed by atoms with Gasteiger partial charge in [-0.25, -0.2) is 0 Å². The summed E-state index contributed by atoms with van der Waals surface area (Å²) in [6.07, 6.45) is 4.35. The second-order valence-electron chi connectivity index (χ2n) is 20.4. The van der Waals surface area contributed by atoms with Gasteiger partial charge in [-0.2, -0.15) is 0 Å². The molecule has 0 aliphatic carbocycles. The molecule has 16 aromatic rings. The fourth-order valence-corrected chi connectivity index (χ4v) is 12.8. The number of furan rings is 2. The average Bonchev–Trinajstić information content (AvgIpc) is 4.37. The van der Waals surface area contributed by atoms with Crippen molar-refractivity contribution in [1.29, 1.82) is 0 Å². The van der Waals surface area contributed by atoms with Crippen LogP contribution in [0.4, 0.5) is 0 Å². The number of hydrogen-bond donors (Lipinski definition) is 0. The molecule has 5 aromatic heterocycles. The molecule has 0 fully saturated rings. The van der Waals surface area contributed by atoms with Crippen molar-refractivity contribution in [3.8, 4) is 50.8 Å². The maximum atomic E-state index is 7.04. The lowest BCUT2D eigenvalue weighted by Gasteiger charge is -2.31. The van der Waals surface area contributed by atoms with E-state index >= 15 is 0 Å². The van der Waals surface area contributed by atoms with E-state index in [0.717, 1.165) is 144 Å². The summed E-state index contributed by atoms with van der Waals surface area (Å²) in [5.41, 5.74) is 18.8. The molecule has 360 valence electrons. The Kier molecular flexibility index (Phi) is 8.80. The topological polar surface area (TPSA) is 50.3 Å². The zero-order valence-corrected chi connectivity index (χ0v) is 41.4. The monoisotopic (exact) mass is 985 g/mol. The molecule has 0 bridgehead atoms. The molecule has 1 aliphatic heterocycles. The zero-order valence-electron chi connectivity index (χ0n) is 41.4. The second-order valence-corrected chi connectivity index (χ2v) is 20.4. The maximum absolute atomic E-state index is 7.04. The minimum absolute atomic E-state index is 0.263. The van der Waals surface area contributed by atoms with E-state index in [1.807, 2.05) is 18.2 Å². The van der Waals surface area contributed by atoms with Crippen molar-refractivity contribution in [3.05, 3.63) is 272 Å². The van der Waals surface area contributed by atoms with Crippen LogP contribution in [-0.4, -0.2) is 13.7 Å². The maximum Gasteiger partial charge on any atom is 0.159 e. The molecule has 0 saturated carbocycles. The van der Waals surface area contributed by atoms with E-state index in [1.54, 1.807) is 0 Å². The molecule has 1 atom stereocenters. The number of ether oxygens (including phenoxy) is 1. The van der Waals surface area contributed by atoms with Gasteiger partial charge in [-0.15, -0.1) is 0 Å². The first-order valence-electron chi connectivity index (χ1n) is 26.2. The standard InChI is InChI=1S/C71H43N3O3/c1-3-17-43(18-4-1)53-39-56(69-52-24-10-14-32-67(52)75-68-38-46-34-36-72(61(46)41-57(68)69)59-28-15-25-50-48-22-8-12-30-65(48)76-70(50)59)63(40-54(53)44-19-5-2-6-20-44)74-58-27-11-7-21-47(58)55-37-45-33-35-73(62(45)42-64(55)74)60-29-16-26-51-49-23-9-13-31-66(49)77-71(51)60/h1-42,69H. The molecule has 0 radical (unpaired) electrons. The summed E-state index contributed by atoms with van der Waals surface area (Å²) in [6.45, 7) is 0. The van der Waals surface area contributed by atoms with Crippen LogP contribution in [0.3, 0.4) is 0 Å². The summed E-state index contributed by atoms with van der Waals surface area (Å²) >= 11 is 0. The Morgan fingerprint density at radius 2 is 0.857 bits per heavy atom. The van der Waals surface area contributed by atoms with E-state index in [-0.39, 0.29) is 5.92 Å². The molecule has 11 aromatic carbocycles. The van der Waals surface area contributed by atoms with Crippen LogP contribution in [0.2, 0.25) is 0 Å². The second kappa shape index (κ2) is 16.1. The van der Waals surface area contributed by atoms with Gasteiger partial charge in [0, 0.05) is 72.5 Å². The first-order valence-corrected chi connectivity index (χ1v) is 26.2. The third kappa shape index (κ3) is 6.18. The van der Waals surface area contributed by atoms with E-state index in [4.69, 9.17) is 13.6 Å². The number of fused-ring (bicyclic) bond motifs is 13. The van der Waals surface area contributed by atoms with Crippen molar-refractivity contribution < 1.29 is 13.6 Å². The molecule has 0 amide bonds. The van der Waals surface area contributed by atoms with Gasteiger partial charge in [0.25, 0.3) is 0 Å². The van der Waals surface area contributed by atoms with Crippen LogP contribution in [0, 0.1) is 0 Å². The Labute approximate surface area is 441 Å². The van der Waals surface area contributed by atoms with Gasteiger partial charge >= 0.3 is 0 Å². The summed E-state index contributed by atoms with van der Waals surface area (Å²) in [4.78, 5) is 0. The predicted molar refractivity (Wildman–Crippen MR) is 314 cm³/mol. The molecule has 0 saturated heterocycles. The van der Waals surface area contributed by atoms with Crippen molar-refractivity contribution in [1.82, 2.24) is 13.7 Å². The van der Waals surface area contributed by atoms with Crippen LogP contribution >= 0.6 is 0 Å². The van der Waals surface area contributed by atoms with Crippen LogP contribution in [-0.2, 0) is 0 Å². The normalized spacial score (nSPS) is 13.4. The minimum atomic E-state index is -0.263. The molecule has 77 heavy (non-hydrogen) atoms. The highest BCUT2D eigenvalue weighted by atomic mass is 16.5. The molecule has 6 heterocycles. The predicted octanol–water partition coefficient (Wildman–Crippen LogP) is 19.1. The highest BCUT2D eigenvalue weighted by Crippen LogP contribution is 2.53. The Hall–Kier alpha value is -10.3. The number of aromatic nitrogens is 3. The number of para-hydroxylation sites is 6. The Morgan fingerprint density at radius 1 is 0.312 bits per heavy atom. The van der Waals surface area contributed by atoms with Gasteiger partial charge in [0.15, 0.2) is 11.2 Å². The molecule has 1 aliphatic rings. The third-order valence-corrected chi connectivity index (χ3v) is 16.2. The molecule has 17 rings (SSSR count). The fourth-order valence-electron chi connectivity index (χ4n) is 12.8. The highest BCUT2D eigenvalue weighted by molar-refractivity contribution is 6.15. The van der Waals surface area contributed by atoms with Crippen LogP contribution < -0.4 is 4.74 Å². The third-order valence-electron chi connectivity index (χ3n) is 16.2. The molecule has 6 nitrogen and oxygen atoms in total. The van der Waals surface area contributed by atoms with Gasteiger partial charge in [-0.3, -0.25) is 0 Å². The molecule has 0 spiro atoms. The van der Waals surface area contributed by atoms with Crippen LogP contribution in [0.25, 0.3) is 127 Å². The summed E-state index contributed by atoms with van der Waals surface area (Å²) in [5, 5.41) is 8.99. The van der Waals surface area contributed by atoms with E-state index < -0.39 is 0 Å². The largest absolute Gasteiger partial charge is 0.457 e. The first-order chi connectivity index (χ1) is 38.2. The summed E-state index contributed by atoms with van der Waals surface area (Å²) in [5.74, 6) is 1.42. The molecular weight excluding hydrogens is 943 g/mol. The van der Waals surface area contributed by atoms with Gasteiger partial charge in [-0.05, 0) is 113 Å². The van der Waals surface area contributed by atoms with E-state index in [2.05, 4.69) is 251 Å². The Balaban J connectivity index is 0.972. The minimum Gasteiger partial charge on any atom is -0.457 e. The van der Waals surface area contributed by atoms with Gasteiger partial charge < -0.3 is 27.3 Å². The molecular formula is C71H43N3O3. The number of benzene rings is 11. The van der Waals surface area contributed by atoms with Crippen LogP contribution in [0.1, 0.15) is 22.6 Å². The van der Waals surface area contributed by atoms with Crippen molar-refractivity contribution >= 4 is 87.5 Å². The van der Waals surface area contributed by atoms with Crippen molar-refractivity contribution in [2.75, 3.05) is 0 Å². The Bertz CT molecular complexity index is 5090. The summed E-state index contributed by atoms with van der Waals surface area (Å²) in [6, 6.07) is 87.4. The van der Waals surface area contributed by atoms with Crippen molar-refractivity contribution in [3.63, 3.8) is 0 Å². The van der Waals surface area contributed by atoms with Gasteiger partial charge in [0.05, 0.1) is 39.1 Å². The number of nitrogens with zero attached hydrogens (tertiary/aromatic N) is 3. The smallest absolute Gasteiger partial charge is 0.159 e. The fraction of sp³-hybridized carbons (Fsp3) is 0.0141. The van der Waals surface area contributed by atoms with Gasteiger partial charge in [0.2, 0.25) is 0 Å². The van der Waals surface area contributed by atoms with E-state index in [0.29, 0.717) is 0 Å². The van der Waals surface area contributed by atoms with Crippen molar-refractivity contribution in [2.24, 2.45) is 0 Å². The summed E-state index contributed by atoms with van der Waals surface area (Å²) in [7, 11) is 0. The van der Waals surface area contributed by atoms with E-state index in [9.17, 15) is 0 Å². The highest BCUT2D eigenvalue weighted by Gasteiger charge is 2.34. The van der Waals surface area contributed by atoms with Gasteiger partial charge in [-0.1, -0.05) is 158 Å². The zero-order chi connectivity index (χ0) is 50.3. The summed E-state index contributed by atoms with van der Waals surface area (Å²) < 4.78 is 27.5. The van der Waals surface area contributed by atoms with E-state index in [1.165, 1.54) is 10.8 Å². The average molecular weight is 986 g/mol. The van der Waals surface area contributed by atoms with Crippen LogP contribution in [0.5, 0.6) is 11.5 Å². The molecule has 6 heteroatoms. The lowest BCUT2D eigenvalue weighted by Crippen LogP contribution is -2.15. The van der Waals surface area contributed by atoms with Crippen LogP contribution in [0.15, 0.2) is 264 Å². The van der Waals surface area contributed by atoms with Gasteiger partial charge in [0.1, 0.15) is 22.7 Å². The Morgan fingerprint density at radius 3 is 1.53 bits per heavy atom. The molecule has 0 N–H and O–H groups in total. The SMILES string of the molecule is c1ccc(-c2cc(C3c4ccccc4Oc4cc5ccn(-c6cccc7c6oc6ccccc67)c5cc43)c(-n3c4ccccc4c4cc5ccn(-c6cccc7c6oc6ccccc67)c5cc43)cc2-c2ccccc2)cc1. The van der Waals surface area contributed by atoms with Crippen molar-refractivity contribution in [2.45, 2.75) is 5.92 Å². The lowest BCUT2D eigenvalue weighted by atomic mass is 9.79. The first kappa shape index (κ1) is 42.1. The number of rotatable bonds is 6.